The summed E-state index contributed by atoms with van der Waals surface area (Å²) in [6, 6.07) is 0. The molecule has 1 aliphatic rings. The number of aliphatic hydroxyl groups excluding tert-OH is 1. The number of rotatable bonds is 5. The van der Waals surface area contributed by atoms with Crippen LogP contribution >= 0.6 is 0 Å². The number of fused-ring (bicyclic) bond motifs is 1. The van der Waals surface area contributed by atoms with Gasteiger partial charge in [0.15, 0.2) is 29.4 Å². The van der Waals surface area contributed by atoms with Crippen LogP contribution in [0, 0.1) is 0 Å². The van der Waals surface area contributed by atoms with E-state index in [-0.39, 0.29) is 17.0 Å². The fourth-order valence-electron chi connectivity index (χ4n) is 2.74. The second-order valence-electron chi connectivity index (χ2n) is 5.42. The van der Waals surface area contributed by atoms with Crippen LogP contribution in [-0.2, 0) is 20.5 Å². The Hall–Kier alpha value is -2.09. The highest BCUT2D eigenvalue weighted by atomic mass is 19.4. The number of hydrogen-bond acceptors (Lipinski definition) is 8. The first-order valence-corrected chi connectivity index (χ1v) is 7.35. The van der Waals surface area contributed by atoms with Crippen molar-refractivity contribution in [3.63, 3.8) is 0 Å². The SMILES string of the molecule is CONc1nc(C(F)(F)F)nc2c1ncn2[C@@H]1O[C@H](CO)[C@@H](OC)[C@@H]1F. The number of nitrogens with zero attached hydrogens (tertiary/aromatic N) is 4. The zero-order valence-corrected chi connectivity index (χ0v) is 13.6. The second-order valence-corrected chi connectivity index (χ2v) is 5.42. The van der Waals surface area contributed by atoms with Crippen LogP contribution in [-0.4, -0.2) is 63.8 Å². The number of hydrogen-bond donors (Lipinski definition) is 2. The number of aliphatic hydroxyl groups is 1. The maximum atomic E-state index is 14.6. The number of halogens is 4. The standard InChI is InChI=1S/C13H15F4N5O4/c1-24-8-5(3-23)26-11(6(8)14)22-4-18-7-9(21-25-2)19-12(13(15,16)17)20-10(7)22/h4-6,8,11,23H,3H2,1-2H3,(H,19,20,21)/t5-,6+,8-,11-/m1/s1. The smallest absolute Gasteiger partial charge is 0.394 e. The zero-order valence-electron chi connectivity index (χ0n) is 13.6. The van der Waals surface area contributed by atoms with Crippen LogP contribution in [0.2, 0.25) is 0 Å². The Labute approximate surface area is 143 Å². The average Bonchev–Trinajstić information content (AvgIpc) is 3.14. The lowest BCUT2D eigenvalue weighted by molar-refractivity contribution is -0.144. The van der Waals surface area contributed by atoms with Crippen molar-refractivity contribution in [2.45, 2.75) is 30.8 Å². The Morgan fingerprint density at radius 2 is 2.08 bits per heavy atom. The maximum absolute atomic E-state index is 14.6. The molecule has 1 saturated heterocycles. The third kappa shape index (κ3) is 3.06. The van der Waals surface area contributed by atoms with Crippen LogP contribution in [0.1, 0.15) is 12.1 Å². The largest absolute Gasteiger partial charge is 0.451 e. The summed E-state index contributed by atoms with van der Waals surface area (Å²) < 4.78 is 65.2. The Morgan fingerprint density at radius 1 is 1.35 bits per heavy atom. The molecule has 0 unspecified atom stereocenters. The maximum Gasteiger partial charge on any atom is 0.451 e. The van der Waals surface area contributed by atoms with Crippen molar-refractivity contribution in [2.75, 3.05) is 26.3 Å². The number of ether oxygens (including phenoxy) is 2. The normalized spacial score (nSPS) is 26.6. The summed E-state index contributed by atoms with van der Waals surface area (Å²) in [6.45, 7) is -0.526. The van der Waals surface area contributed by atoms with E-state index in [1.807, 2.05) is 0 Å². The molecule has 1 fully saturated rings. The molecule has 3 rings (SSSR count). The van der Waals surface area contributed by atoms with Crippen LogP contribution in [0.15, 0.2) is 6.33 Å². The Bertz CT molecular complexity index is 786. The molecule has 4 atom stereocenters. The third-order valence-corrected chi connectivity index (χ3v) is 3.87. The van der Waals surface area contributed by atoms with E-state index in [2.05, 4.69) is 25.3 Å². The van der Waals surface area contributed by atoms with Gasteiger partial charge in [-0.3, -0.25) is 9.40 Å². The van der Waals surface area contributed by atoms with Crippen molar-refractivity contribution in [3.8, 4) is 0 Å². The van der Waals surface area contributed by atoms with Gasteiger partial charge in [0, 0.05) is 7.11 Å². The van der Waals surface area contributed by atoms with Gasteiger partial charge in [-0.15, -0.1) is 0 Å². The van der Waals surface area contributed by atoms with E-state index < -0.39 is 43.2 Å². The first-order valence-electron chi connectivity index (χ1n) is 7.35. The predicted octanol–water partition coefficient (Wildman–Crippen LogP) is 1.06. The molecule has 0 spiro atoms. The Kier molecular flexibility index (Phi) is 4.96. The molecule has 0 saturated carbocycles. The molecule has 9 nitrogen and oxygen atoms in total. The Balaban J connectivity index is 2.11. The number of methoxy groups -OCH3 is 1. The number of aromatic nitrogens is 4. The van der Waals surface area contributed by atoms with Gasteiger partial charge in [0.2, 0.25) is 5.82 Å². The van der Waals surface area contributed by atoms with Gasteiger partial charge in [-0.2, -0.15) is 13.2 Å². The molecular formula is C13H15F4N5O4. The minimum Gasteiger partial charge on any atom is -0.394 e. The molecule has 0 amide bonds. The molecule has 0 aromatic carbocycles. The highest BCUT2D eigenvalue weighted by Crippen LogP contribution is 2.36. The van der Waals surface area contributed by atoms with Crippen molar-refractivity contribution in [2.24, 2.45) is 0 Å². The first-order chi connectivity index (χ1) is 12.3. The van der Waals surface area contributed by atoms with E-state index in [4.69, 9.17) is 9.47 Å². The molecule has 2 aromatic heterocycles. The summed E-state index contributed by atoms with van der Waals surface area (Å²) in [5.41, 5.74) is 1.81. The van der Waals surface area contributed by atoms with Gasteiger partial charge in [0.25, 0.3) is 0 Å². The van der Waals surface area contributed by atoms with Crippen LogP contribution in [0.4, 0.5) is 23.4 Å². The summed E-state index contributed by atoms with van der Waals surface area (Å²) in [7, 11) is 2.42. The fourth-order valence-corrected chi connectivity index (χ4v) is 2.74. The third-order valence-electron chi connectivity index (χ3n) is 3.87. The van der Waals surface area contributed by atoms with E-state index in [0.717, 1.165) is 10.9 Å². The van der Waals surface area contributed by atoms with E-state index in [1.54, 1.807) is 0 Å². The van der Waals surface area contributed by atoms with Gasteiger partial charge >= 0.3 is 6.18 Å². The predicted molar refractivity (Wildman–Crippen MR) is 77.6 cm³/mol. The highest BCUT2D eigenvalue weighted by Gasteiger charge is 2.47. The van der Waals surface area contributed by atoms with E-state index in [9.17, 15) is 22.7 Å². The summed E-state index contributed by atoms with van der Waals surface area (Å²) in [4.78, 5) is 15.3. The number of anilines is 1. The Morgan fingerprint density at radius 3 is 2.62 bits per heavy atom. The van der Waals surface area contributed by atoms with Gasteiger partial charge in [-0.25, -0.2) is 24.8 Å². The summed E-state index contributed by atoms with van der Waals surface area (Å²) in [5, 5.41) is 9.28. The molecule has 0 aliphatic carbocycles. The molecular weight excluding hydrogens is 366 g/mol. The van der Waals surface area contributed by atoms with Gasteiger partial charge in [0.1, 0.15) is 12.2 Å². The zero-order chi connectivity index (χ0) is 19.1. The molecule has 2 N–H and O–H groups in total. The lowest BCUT2D eigenvalue weighted by Crippen LogP contribution is -2.32. The number of alkyl halides is 4. The molecule has 0 radical (unpaired) electrons. The molecule has 2 aromatic rings. The number of nitrogens with one attached hydrogen (secondary N) is 1. The highest BCUT2D eigenvalue weighted by molar-refractivity contribution is 5.82. The molecule has 0 bridgehead atoms. The van der Waals surface area contributed by atoms with E-state index in [1.165, 1.54) is 14.2 Å². The van der Waals surface area contributed by atoms with Gasteiger partial charge in [-0.05, 0) is 0 Å². The second kappa shape index (κ2) is 6.90. The molecule has 13 heteroatoms. The molecule has 144 valence electrons. The summed E-state index contributed by atoms with van der Waals surface area (Å²) in [6.07, 6.45) is -9.00. The van der Waals surface area contributed by atoms with Gasteiger partial charge in [0.05, 0.1) is 20.0 Å². The van der Waals surface area contributed by atoms with Crippen molar-refractivity contribution in [1.82, 2.24) is 19.5 Å². The van der Waals surface area contributed by atoms with Crippen LogP contribution in [0.3, 0.4) is 0 Å². The van der Waals surface area contributed by atoms with Crippen molar-refractivity contribution in [1.29, 1.82) is 0 Å². The van der Waals surface area contributed by atoms with Gasteiger partial charge in [-0.1, -0.05) is 0 Å². The average molecular weight is 381 g/mol. The van der Waals surface area contributed by atoms with E-state index in [0.29, 0.717) is 0 Å². The molecule has 26 heavy (non-hydrogen) atoms. The quantitative estimate of drug-likeness (QED) is 0.586. The summed E-state index contributed by atoms with van der Waals surface area (Å²) in [5.74, 6) is -1.79. The fraction of sp³-hybridized carbons (Fsp3) is 0.615. The van der Waals surface area contributed by atoms with Crippen LogP contribution in [0.25, 0.3) is 11.2 Å². The van der Waals surface area contributed by atoms with Crippen molar-refractivity contribution in [3.05, 3.63) is 12.2 Å². The van der Waals surface area contributed by atoms with Crippen molar-refractivity contribution >= 4 is 17.0 Å². The van der Waals surface area contributed by atoms with Crippen LogP contribution in [0.5, 0.6) is 0 Å². The number of imidazole rings is 1. The summed E-state index contributed by atoms with van der Waals surface area (Å²) >= 11 is 0. The lowest BCUT2D eigenvalue weighted by atomic mass is 10.1. The lowest BCUT2D eigenvalue weighted by Gasteiger charge is -2.16. The topological polar surface area (TPSA) is 104 Å². The van der Waals surface area contributed by atoms with Gasteiger partial charge < -0.3 is 14.6 Å². The minimum absolute atomic E-state index is 0.0722. The minimum atomic E-state index is -4.85. The molecule has 1 aliphatic heterocycles. The first kappa shape index (κ1) is 18.7. The van der Waals surface area contributed by atoms with Crippen LogP contribution < -0.4 is 5.48 Å². The molecule has 3 heterocycles. The van der Waals surface area contributed by atoms with E-state index >= 15 is 0 Å². The monoisotopic (exact) mass is 381 g/mol. The van der Waals surface area contributed by atoms with Crippen molar-refractivity contribution < 1.29 is 37.0 Å².